The van der Waals surface area contributed by atoms with Crippen molar-refractivity contribution in [1.82, 2.24) is 0 Å². The Balaban J connectivity index is 1.40. The van der Waals surface area contributed by atoms with Crippen LogP contribution in [0.15, 0.2) is 126 Å². The number of rotatable bonds is 4. The van der Waals surface area contributed by atoms with E-state index in [9.17, 15) is 0 Å². The first-order chi connectivity index (χ1) is 16.2. The van der Waals surface area contributed by atoms with Gasteiger partial charge in [-0.1, -0.05) is 109 Å². The normalized spacial score (nSPS) is 11.5. The Morgan fingerprint density at radius 2 is 1.03 bits per heavy atom. The van der Waals surface area contributed by atoms with Crippen molar-refractivity contribution >= 4 is 22.4 Å². The van der Waals surface area contributed by atoms with Gasteiger partial charge in [-0.3, -0.25) is 5.41 Å². The Kier molecular flexibility index (Phi) is 5.52. The van der Waals surface area contributed by atoms with Crippen LogP contribution in [0.1, 0.15) is 11.1 Å². The summed E-state index contributed by atoms with van der Waals surface area (Å²) in [6.07, 6.45) is 0. The summed E-state index contributed by atoms with van der Waals surface area (Å²) in [6.45, 7) is 0. The van der Waals surface area contributed by atoms with E-state index in [1.165, 1.54) is 5.56 Å². The highest BCUT2D eigenvalue weighted by Gasteiger charge is 2.07. The first-order valence-electron chi connectivity index (χ1n) is 10.9. The van der Waals surface area contributed by atoms with E-state index in [1.807, 2.05) is 78.9 Å². The molecule has 33 heavy (non-hydrogen) atoms. The summed E-state index contributed by atoms with van der Waals surface area (Å²) in [5, 5.41) is 10.7. The van der Waals surface area contributed by atoms with E-state index >= 15 is 0 Å². The quantitative estimate of drug-likeness (QED) is 0.239. The van der Waals surface area contributed by atoms with Gasteiger partial charge >= 0.3 is 0 Å². The number of aliphatic imine (C=N–C) groups is 1. The van der Waals surface area contributed by atoms with E-state index in [0.717, 1.165) is 38.6 Å². The molecule has 0 aromatic heterocycles. The van der Waals surface area contributed by atoms with Gasteiger partial charge in [0.15, 0.2) is 5.84 Å². The van der Waals surface area contributed by atoms with Crippen LogP contribution < -0.4 is 5.73 Å². The number of amidine groups is 2. The number of hydrogen-bond donors (Lipinski definition) is 2. The molecule has 3 nitrogen and oxygen atoms in total. The smallest absolute Gasteiger partial charge is 0.154 e. The third kappa shape index (κ3) is 4.43. The van der Waals surface area contributed by atoms with Gasteiger partial charge in [0.25, 0.3) is 0 Å². The molecule has 0 fully saturated rings. The van der Waals surface area contributed by atoms with Gasteiger partial charge < -0.3 is 5.73 Å². The highest BCUT2D eigenvalue weighted by Crippen LogP contribution is 2.25. The van der Waals surface area contributed by atoms with Crippen LogP contribution in [-0.4, -0.2) is 11.7 Å². The molecule has 0 atom stereocenters. The molecule has 158 valence electrons. The van der Waals surface area contributed by atoms with Gasteiger partial charge in [0, 0.05) is 11.1 Å². The van der Waals surface area contributed by atoms with Gasteiger partial charge in [0.05, 0.1) is 0 Å². The van der Waals surface area contributed by atoms with Crippen molar-refractivity contribution in [2.24, 2.45) is 10.7 Å². The topological polar surface area (TPSA) is 62.2 Å². The van der Waals surface area contributed by atoms with Crippen LogP contribution in [0.2, 0.25) is 0 Å². The van der Waals surface area contributed by atoms with Gasteiger partial charge in [-0.2, -0.15) is 0 Å². The van der Waals surface area contributed by atoms with E-state index in [2.05, 4.69) is 47.5 Å². The molecule has 0 bridgehead atoms. The molecule has 5 aromatic rings. The van der Waals surface area contributed by atoms with Gasteiger partial charge in [-0.25, -0.2) is 4.99 Å². The summed E-state index contributed by atoms with van der Waals surface area (Å²) in [7, 11) is 0. The van der Waals surface area contributed by atoms with Crippen LogP contribution in [0, 0.1) is 5.41 Å². The van der Waals surface area contributed by atoms with Crippen LogP contribution in [0.4, 0.5) is 0 Å². The highest BCUT2D eigenvalue weighted by atomic mass is 14.9. The van der Waals surface area contributed by atoms with Crippen LogP contribution in [0.5, 0.6) is 0 Å². The fraction of sp³-hybridized carbons (Fsp3) is 0. The van der Waals surface area contributed by atoms with E-state index in [-0.39, 0.29) is 5.84 Å². The standard InChI is InChI=1S/C30H23N3/c31-29(25-15-11-23(12-16-25)21-7-3-1-4-8-21)33-30(32)27-18-14-24-13-17-26(19-28(24)20-27)22-9-5-2-6-10-22/h1-20H,(H3,31,32,33). The third-order valence-corrected chi connectivity index (χ3v) is 5.74. The van der Waals surface area contributed by atoms with E-state index in [4.69, 9.17) is 11.1 Å². The minimum Gasteiger partial charge on any atom is -0.383 e. The molecule has 0 amide bonds. The molecule has 0 spiro atoms. The molecular weight excluding hydrogens is 402 g/mol. The Morgan fingerprint density at radius 3 is 1.70 bits per heavy atom. The molecule has 0 aliphatic rings. The molecule has 5 rings (SSSR count). The van der Waals surface area contributed by atoms with E-state index in [1.54, 1.807) is 0 Å². The van der Waals surface area contributed by atoms with E-state index < -0.39 is 0 Å². The summed E-state index contributed by atoms with van der Waals surface area (Å²) in [5.41, 5.74) is 12.4. The Labute approximate surface area is 193 Å². The maximum absolute atomic E-state index is 8.51. The Morgan fingerprint density at radius 1 is 0.515 bits per heavy atom. The fourth-order valence-electron chi connectivity index (χ4n) is 3.92. The average molecular weight is 426 g/mol. The molecule has 0 unspecified atom stereocenters. The lowest BCUT2D eigenvalue weighted by molar-refractivity contribution is 1.40. The molecule has 0 saturated heterocycles. The lowest BCUT2D eigenvalue weighted by Crippen LogP contribution is -2.15. The fourth-order valence-corrected chi connectivity index (χ4v) is 3.92. The highest BCUT2D eigenvalue weighted by molar-refractivity contribution is 6.11. The SMILES string of the molecule is N=C(/N=C(\N)c1ccc(-c2ccccc2)cc1)c1ccc2ccc(-c3ccccc3)cc2c1. The molecule has 3 heteroatoms. The minimum absolute atomic E-state index is 0.145. The van der Waals surface area contributed by atoms with Gasteiger partial charge in [-0.15, -0.1) is 0 Å². The Bertz CT molecular complexity index is 1450. The molecular formula is C30H23N3. The van der Waals surface area contributed by atoms with Crippen LogP contribution in [0.25, 0.3) is 33.0 Å². The van der Waals surface area contributed by atoms with Crippen molar-refractivity contribution < 1.29 is 0 Å². The van der Waals surface area contributed by atoms with E-state index in [0.29, 0.717) is 5.84 Å². The molecule has 0 heterocycles. The van der Waals surface area contributed by atoms with Gasteiger partial charge in [-0.05, 0) is 45.2 Å². The van der Waals surface area contributed by atoms with Crippen molar-refractivity contribution in [3.8, 4) is 22.3 Å². The van der Waals surface area contributed by atoms with Crippen molar-refractivity contribution in [3.05, 3.63) is 132 Å². The summed E-state index contributed by atoms with van der Waals surface area (Å²) in [5.74, 6) is 0.476. The molecule has 3 N–H and O–H groups in total. The molecule has 5 aromatic carbocycles. The monoisotopic (exact) mass is 425 g/mol. The van der Waals surface area contributed by atoms with Crippen molar-refractivity contribution in [1.29, 1.82) is 5.41 Å². The second-order valence-corrected chi connectivity index (χ2v) is 7.93. The third-order valence-electron chi connectivity index (χ3n) is 5.74. The lowest BCUT2D eigenvalue weighted by atomic mass is 10.00. The first kappa shape index (κ1) is 20.4. The Hall–Kier alpha value is -4.50. The van der Waals surface area contributed by atoms with Gasteiger partial charge in [0.2, 0.25) is 0 Å². The van der Waals surface area contributed by atoms with Gasteiger partial charge in [0.1, 0.15) is 5.84 Å². The maximum atomic E-state index is 8.51. The summed E-state index contributed by atoms with van der Waals surface area (Å²) in [4.78, 5) is 4.39. The van der Waals surface area contributed by atoms with Crippen molar-refractivity contribution in [3.63, 3.8) is 0 Å². The van der Waals surface area contributed by atoms with Crippen LogP contribution >= 0.6 is 0 Å². The number of nitrogens with one attached hydrogen (secondary N) is 1. The molecule has 0 saturated carbocycles. The molecule has 0 radical (unpaired) electrons. The lowest BCUT2D eigenvalue weighted by Gasteiger charge is -2.07. The molecule has 0 aliphatic heterocycles. The number of fused-ring (bicyclic) bond motifs is 1. The number of nitrogens with zero attached hydrogens (tertiary/aromatic N) is 1. The predicted octanol–water partition coefficient (Wildman–Crippen LogP) is 6.90. The van der Waals surface area contributed by atoms with Crippen LogP contribution in [0.3, 0.4) is 0 Å². The largest absolute Gasteiger partial charge is 0.383 e. The number of nitrogens with two attached hydrogens (primary N) is 1. The number of benzene rings is 5. The second-order valence-electron chi connectivity index (χ2n) is 7.93. The summed E-state index contributed by atoms with van der Waals surface area (Å²) >= 11 is 0. The molecule has 0 aliphatic carbocycles. The number of hydrogen-bond acceptors (Lipinski definition) is 1. The zero-order valence-corrected chi connectivity index (χ0v) is 18.1. The van der Waals surface area contributed by atoms with Crippen LogP contribution in [-0.2, 0) is 0 Å². The maximum Gasteiger partial charge on any atom is 0.154 e. The minimum atomic E-state index is 0.145. The summed E-state index contributed by atoms with van der Waals surface area (Å²) in [6, 6.07) is 40.7. The second kappa shape index (κ2) is 8.93. The average Bonchev–Trinajstić information content (AvgIpc) is 2.89. The zero-order chi connectivity index (χ0) is 22.6. The first-order valence-corrected chi connectivity index (χ1v) is 10.9. The zero-order valence-electron chi connectivity index (χ0n) is 18.1. The predicted molar refractivity (Wildman–Crippen MR) is 139 cm³/mol. The summed E-state index contributed by atoms with van der Waals surface area (Å²) < 4.78 is 0. The van der Waals surface area contributed by atoms with Crippen molar-refractivity contribution in [2.45, 2.75) is 0 Å². The van der Waals surface area contributed by atoms with Crippen molar-refractivity contribution in [2.75, 3.05) is 0 Å².